The van der Waals surface area contributed by atoms with Gasteiger partial charge in [-0.2, -0.15) is 0 Å². The Balaban J connectivity index is 2.41. The highest BCUT2D eigenvalue weighted by atomic mass is 19.1. The summed E-state index contributed by atoms with van der Waals surface area (Å²) in [6.07, 6.45) is 0.148. The minimum Gasteiger partial charge on any atom is -0.484 e. The number of carboxylic acids is 1. The predicted molar refractivity (Wildman–Crippen MR) is 81.8 cm³/mol. The molecular formula is C16H22FNO5. The van der Waals surface area contributed by atoms with Gasteiger partial charge in [-0.1, -0.05) is 0 Å². The van der Waals surface area contributed by atoms with Crippen LogP contribution in [0.5, 0.6) is 5.75 Å². The van der Waals surface area contributed by atoms with Crippen LogP contribution >= 0.6 is 0 Å². The molecule has 1 aromatic rings. The van der Waals surface area contributed by atoms with Gasteiger partial charge >= 0.3 is 5.97 Å². The van der Waals surface area contributed by atoms with Crippen LogP contribution in [-0.2, 0) is 14.3 Å². The second-order valence-electron chi connectivity index (χ2n) is 5.95. The molecule has 0 heterocycles. The summed E-state index contributed by atoms with van der Waals surface area (Å²) in [6, 6.07) is 4.12. The van der Waals surface area contributed by atoms with Crippen molar-refractivity contribution in [3.05, 3.63) is 30.1 Å². The van der Waals surface area contributed by atoms with Crippen molar-refractivity contribution in [2.75, 3.05) is 13.2 Å². The van der Waals surface area contributed by atoms with Gasteiger partial charge in [0.2, 0.25) is 0 Å². The fourth-order valence-electron chi connectivity index (χ4n) is 1.66. The van der Waals surface area contributed by atoms with Gasteiger partial charge in [-0.3, -0.25) is 4.79 Å². The lowest BCUT2D eigenvalue weighted by Crippen LogP contribution is -2.44. The van der Waals surface area contributed by atoms with Crippen LogP contribution in [0.15, 0.2) is 24.3 Å². The zero-order valence-electron chi connectivity index (χ0n) is 13.5. The van der Waals surface area contributed by atoms with Gasteiger partial charge in [0.25, 0.3) is 5.91 Å². The maximum Gasteiger partial charge on any atom is 0.326 e. The van der Waals surface area contributed by atoms with Crippen LogP contribution in [0.3, 0.4) is 0 Å². The Morgan fingerprint density at radius 3 is 2.39 bits per heavy atom. The summed E-state index contributed by atoms with van der Waals surface area (Å²) in [5.74, 6) is -1.80. The maximum atomic E-state index is 12.7. The van der Waals surface area contributed by atoms with Crippen LogP contribution in [0.1, 0.15) is 27.2 Å². The van der Waals surface area contributed by atoms with E-state index in [9.17, 15) is 14.0 Å². The van der Waals surface area contributed by atoms with Gasteiger partial charge in [0.05, 0.1) is 5.60 Å². The molecule has 0 aromatic heterocycles. The quantitative estimate of drug-likeness (QED) is 0.762. The summed E-state index contributed by atoms with van der Waals surface area (Å²) < 4.78 is 23.3. The number of carbonyl (C=O) groups excluding carboxylic acids is 1. The minimum absolute atomic E-state index is 0.148. The van der Waals surface area contributed by atoms with Crippen LogP contribution in [0.25, 0.3) is 0 Å². The Morgan fingerprint density at radius 2 is 1.87 bits per heavy atom. The highest BCUT2D eigenvalue weighted by Crippen LogP contribution is 2.11. The molecule has 0 bridgehead atoms. The number of amides is 1. The number of halogens is 1. The second kappa shape index (κ2) is 8.47. The average molecular weight is 327 g/mol. The van der Waals surface area contributed by atoms with Crippen LogP contribution < -0.4 is 10.1 Å². The van der Waals surface area contributed by atoms with Crippen LogP contribution in [0, 0.1) is 5.82 Å². The van der Waals surface area contributed by atoms with Gasteiger partial charge in [-0.25, -0.2) is 9.18 Å². The SMILES string of the molecule is CC(C)(C)OCCC(NC(=O)COc1ccc(F)cc1)C(=O)O. The number of hydrogen-bond donors (Lipinski definition) is 2. The Labute approximate surface area is 134 Å². The molecule has 0 fully saturated rings. The summed E-state index contributed by atoms with van der Waals surface area (Å²) in [4.78, 5) is 22.9. The molecule has 0 spiro atoms. The molecule has 0 radical (unpaired) electrons. The number of carbonyl (C=O) groups is 2. The third kappa shape index (κ3) is 8.15. The third-order valence-corrected chi connectivity index (χ3v) is 2.76. The molecule has 1 atom stereocenters. The summed E-state index contributed by atoms with van der Waals surface area (Å²) in [7, 11) is 0. The molecule has 0 aliphatic heterocycles. The lowest BCUT2D eigenvalue weighted by Gasteiger charge is -2.21. The number of rotatable bonds is 8. The molecule has 0 aliphatic carbocycles. The number of aliphatic carboxylic acids is 1. The van der Waals surface area contributed by atoms with Gasteiger partial charge in [-0.15, -0.1) is 0 Å². The van der Waals surface area contributed by atoms with Gasteiger partial charge < -0.3 is 19.9 Å². The van der Waals surface area contributed by atoms with Crippen LogP contribution in [-0.4, -0.2) is 41.8 Å². The summed E-state index contributed by atoms with van der Waals surface area (Å²) in [5, 5.41) is 11.5. The fraction of sp³-hybridized carbons (Fsp3) is 0.500. The molecule has 23 heavy (non-hydrogen) atoms. The summed E-state index contributed by atoms with van der Waals surface area (Å²) in [5.41, 5.74) is -0.376. The zero-order valence-corrected chi connectivity index (χ0v) is 13.5. The van der Waals surface area contributed by atoms with Crippen molar-refractivity contribution >= 4 is 11.9 Å². The van der Waals surface area contributed by atoms with Crippen molar-refractivity contribution in [3.8, 4) is 5.75 Å². The number of nitrogens with one attached hydrogen (secondary N) is 1. The Bertz CT molecular complexity index is 524. The molecule has 1 unspecified atom stereocenters. The molecule has 6 nitrogen and oxygen atoms in total. The summed E-state index contributed by atoms with van der Waals surface area (Å²) in [6.45, 7) is 5.43. The van der Waals surface area contributed by atoms with E-state index in [4.69, 9.17) is 14.6 Å². The largest absolute Gasteiger partial charge is 0.484 e. The smallest absolute Gasteiger partial charge is 0.326 e. The molecule has 1 aromatic carbocycles. The van der Waals surface area contributed by atoms with Crippen molar-refractivity contribution in [2.45, 2.75) is 38.8 Å². The molecule has 1 amide bonds. The first-order valence-electron chi connectivity index (χ1n) is 7.22. The molecule has 128 valence electrons. The first-order valence-corrected chi connectivity index (χ1v) is 7.22. The monoisotopic (exact) mass is 327 g/mol. The van der Waals surface area contributed by atoms with Crippen molar-refractivity contribution in [1.82, 2.24) is 5.32 Å². The zero-order chi connectivity index (χ0) is 17.5. The highest BCUT2D eigenvalue weighted by molar-refractivity contribution is 5.84. The van der Waals surface area contributed by atoms with E-state index in [0.29, 0.717) is 5.75 Å². The number of benzene rings is 1. The van der Waals surface area contributed by atoms with Gasteiger partial charge in [0.1, 0.15) is 17.6 Å². The second-order valence-corrected chi connectivity index (χ2v) is 5.95. The standard InChI is InChI=1S/C16H22FNO5/c1-16(2,3)23-9-8-13(15(20)21)18-14(19)10-22-12-6-4-11(17)5-7-12/h4-7,13H,8-10H2,1-3H3,(H,18,19)(H,20,21). The molecule has 0 saturated carbocycles. The van der Waals surface area contributed by atoms with E-state index >= 15 is 0 Å². The first kappa shape index (κ1) is 18.9. The van der Waals surface area contributed by atoms with E-state index in [0.717, 1.165) is 0 Å². The van der Waals surface area contributed by atoms with Gasteiger partial charge in [0.15, 0.2) is 6.61 Å². The topological polar surface area (TPSA) is 84.9 Å². The van der Waals surface area contributed by atoms with Crippen molar-refractivity contribution in [1.29, 1.82) is 0 Å². The van der Waals surface area contributed by atoms with Gasteiger partial charge in [-0.05, 0) is 45.0 Å². The van der Waals surface area contributed by atoms with E-state index in [1.165, 1.54) is 24.3 Å². The molecule has 7 heteroatoms. The van der Waals surface area contributed by atoms with Gasteiger partial charge in [0, 0.05) is 13.0 Å². The van der Waals surface area contributed by atoms with E-state index in [-0.39, 0.29) is 25.2 Å². The molecular weight excluding hydrogens is 305 g/mol. The molecule has 0 saturated heterocycles. The molecule has 0 aliphatic rings. The van der Waals surface area contributed by atoms with E-state index in [1.807, 2.05) is 20.8 Å². The van der Waals surface area contributed by atoms with E-state index < -0.39 is 23.7 Å². The molecule has 2 N–H and O–H groups in total. The average Bonchev–Trinajstić information content (AvgIpc) is 2.44. The Hall–Kier alpha value is -2.15. The highest BCUT2D eigenvalue weighted by Gasteiger charge is 2.21. The number of hydrogen-bond acceptors (Lipinski definition) is 4. The normalized spacial score (nSPS) is 12.5. The third-order valence-electron chi connectivity index (χ3n) is 2.76. The van der Waals surface area contributed by atoms with Crippen molar-refractivity contribution < 1.29 is 28.6 Å². The maximum absolute atomic E-state index is 12.7. The number of carboxylic acid groups (broad SMARTS) is 1. The minimum atomic E-state index is -1.14. The lowest BCUT2D eigenvalue weighted by atomic mass is 10.2. The number of ether oxygens (including phenoxy) is 2. The van der Waals surface area contributed by atoms with Crippen molar-refractivity contribution in [3.63, 3.8) is 0 Å². The van der Waals surface area contributed by atoms with E-state index in [1.54, 1.807) is 0 Å². The fourth-order valence-corrected chi connectivity index (χ4v) is 1.66. The Morgan fingerprint density at radius 1 is 1.26 bits per heavy atom. The lowest BCUT2D eigenvalue weighted by molar-refractivity contribution is -0.143. The predicted octanol–water partition coefficient (Wildman–Crippen LogP) is 1.98. The van der Waals surface area contributed by atoms with Crippen LogP contribution in [0.4, 0.5) is 4.39 Å². The van der Waals surface area contributed by atoms with Crippen molar-refractivity contribution in [2.24, 2.45) is 0 Å². The van der Waals surface area contributed by atoms with Crippen LogP contribution in [0.2, 0.25) is 0 Å². The van der Waals surface area contributed by atoms with E-state index in [2.05, 4.69) is 5.32 Å². The Kier molecular flexibility index (Phi) is 6.96. The summed E-state index contributed by atoms with van der Waals surface area (Å²) >= 11 is 0. The molecule has 1 rings (SSSR count). The first-order chi connectivity index (χ1) is 10.7.